The Balaban J connectivity index is 1.74. The van der Waals surface area contributed by atoms with Crippen LogP contribution in [0.15, 0.2) is 23.1 Å². The quantitative estimate of drug-likeness (QED) is 0.866. The van der Waals surface area contributed by atoms with Crippen LogP contribution in [0.5, 0.6) is 0 Å². The van der Waals surface area contributed by atoms with E-state index >= 15 is 0 Å². The van der Waals surface area contributed by atoms with Gasteiger partial charge in [0.15, 0.2) is 0 Å². The lowest BCUT2D eigenvalue weighted by Crippen LogP contribution is -2.36. The van der Waals surface area contributed by atoms with Gasteiger partial charge < -0.3 is 5.32 Å². The average molecular weight is 365 g/mol. The monoisotopic (exact) mass is 364 g/mol. The van der Waals surface area contributed by atoms with Crippen molar-refractivity contribution in [3.8, 4) is 0 Å². The predicted molar refractivity (Wildman–Crippen MR) is 99.0 cm³/mol. The number of carbonyl (C=O) groups excluding carboxylic acids is 1. The van der Waals surface area contributed by atoms with Gasteiger partial charge in [0, 0.05) is 25.2 Å². The first kappa shape index (κ1) is 18.4. The smallest absolute Gasteiger partial charge is 0.243 e. The Morgan fingerprint density at radius 3 is 2.48 bits per heavy atom. The molecule has 1 aliphatic carbocycles. The third-order valence-corrected chi connectivity index (χ3v) is 7.39. The zero-order valence-corrected chi connectivity index (χ0v) is 15.8. The van der Waals surface area contributed by atoms with E-state index in [1.165, 1.54) is 12.8 Å². The summed E-state index contributed by atoms with van der Waals surface area (Å²) in [7, 11) is -3.49. The number of rotatable bonds is 5. The third-order valence-electron chi connectivity index (χ3n) is 5.35. The van der Waals surface area contributed by atoms with Crippen LogP contribution in [0.25, 0.3) is 0 Å². The molecule has 1 N–H and O–H groups in total. The van der Waals surface area contributed by atoms with Gasteiger partial charge in [-0.1, -0.05) is 25.3 Å². The number of nitrogens with one attached hydrogen (secondary N) is 1. The molecule has 1 heterocycles. The number of nitrogens with zero attached hydrogens (tertiary/aromatic N) is 1. The third kappa shape index (κ3) is 4.42. The molecule has 1 saturated carbocycles. The van der Waals surface area contributed by atoms with Crippen molar-refractivity contribution in [3.63, 3.8) is 0 Å². The fraction of sp³-hybridized carbons (Fsp3) is 0.632. The van der Waals surface area contributed by atoms with Crippen LogP contribution < -0.4 is 5.32 Å². The minimum Gasteiger partial charge on any atom is -0.326 e. The Labute approximate surface area is 150 Å². The van der Waals surface area contributed by atoms with Crippen molar-refractivity contribution in [2.24, 2.45) is 5.92 Å². The van der Waals surface area contributed by atoms with Crippen LogP contribution in [-0.4, -0.2) is 31.7 Å². The molecule has 0 spiro atoms. The van der Waals surface area contributed by atoms with Gasteiger partial charge in [-0.2, -0.15) is 4.31 Å². The second kappa shape index (κ2) is 7.87. The zero-order valence-electron chi connectivity index (χ0n) is 15.0. The summed E-state index contributed by atoms with van der Waals surface area (Å²) in [6, 6.07) is 5.19. The average Bonchev–Trinajstić information content (AvgIpc) is 3.10. The van der Waals surface area contributed by atoms with Gasteiger partial charge in [-0.15, -0.1) is 0 Å². The van der Waals surface area contributed by atoms with Crippen molar-refractivity contribution in [3.05, 3.63) is 23.8 Å². The van der Waals surface area contributed by atoms with Gasteiger partial charge in [0.1, 0.15) is 0 Å². The summed E-state index contributed by atoms with van der Waals surface area (Å²) in [6.45, 7) is 2.97. The first-order valence-electron chi connectivity index (χ1n) is 9.37. The van der Waals surface area contributed by atoms with Crippen molar-refractivity contribution in [2.45, 2.75) is 63.2 Å². The molecule has 1 amide bonds. The maximum atomic E-state index is 12.9. The summed E-state index contributed by atoms with van der Waals surface area (Å²) < 4.78 is 27.4. The van der Waals surface area contributed by atoms with Crippen LogP contribution in [-0.2, 0) is 14.8 Å². The van der Waals surface area contributed by atoms with Crippen molar-refractivity contribution >= 4 is 21.6 Å². The number of hydrogen-bond acceptors (Lipinski definition) is 3. The van der Waals surface area contributed by atoms with Crippen LogP contribution in [0, 0.1) is 12.8 Å². The highest BCUT2D eigenvalue weighted by atomic mass is 32.2. The van der Waals surface area contributed by atoms with Gasteiger partial charge in [-0.05, 0) is 56.2 Å². The minimum atomic E-state index is -3.49. The van der Waals surface area contributed by atoms with E-state index in [1.54, 1.807) is 29.4 Å². The van der Waals surface area contributed by atoms with E-state index in [4.69, 9.17) is 0 Å². The van der Waals surface area contributed by atoms with E-state index in [-0.39, 0.29) is 5.91 Å². The molecule has 2 aliphatic rings. The molecule has 0 bridgehead atoms. The predicted octanol–water partition coefficient (Wildman–Crippen LogP) is 3.69. The zero-order chi connectivity index (χ0) is 17.9. The topological polar surface area (TPSA) is 66.5 Å². The van der Waals surface area contributed by atoms with E-state index in [0.717, 1.165) is 37.7 Å². The highest BCUT2D eigenvalue weighted by Gasteiger charge is 2.27. The molecule has 1 aromatic rings. The number of aryl methyl sites for hydroxylation is 1. The number of carbonyl (C=O) groups is 1. The van der Waals surface area contributed by atoms with Crippen LogP contribution in [0.1, 0.15) is 56.9 Å². The summed E-state index contributed by atoms with van der Waals surface area (Å²) in [5, 5.41) is 2.89. The highest BCUT2D eigenvalue weighted by Crippen LogP contribution is 2.29. The standard InChI is InChI=1S/C19H28N2O3S/c1-15-9-10-17(20-19(22)13-16-7-3-4-8-16)14-18(15)25(23,24)21-11-5-2-6-12-21/h9-10,14,16H,2-8,11-13H2,1H3,(H,20,22). The number of piperidine rings is 1. The Hall–Kier alpha value is -1.40. The van der Waals surface area contributed by atoms with E-state index in [1.807, 2.05) is 0 Å². The van der Waals surface area contributed by atoms with Gasteiger partial charge in [0.2, 0.25) is 15.9 Å². The molecule has 1 aromatic carbocycles. The van der Waals surface area contributed by atoms with Gasteiger partial charge in [-0.25, -0.2) is 8.42 Å². The molecule has 1 saturated heterocycles. The van der Waals surface area contributed by atoms with Crippen LogP contribution in [0.4, 0.5) is 5.69 Å². The van der Waals surface area contributed by atoms with Gasteiger partial charge in [-0.3, -0.25) is 4.79 Å². The second-order valence-corrected chi connectivity index (χ2v) is 9.25. The molecule has 1 aliphatic heterocycles. The second-order valence-electron chi connectivity index (χ2n) is 7.35. The lowest BCUT2D eigenvalue weighted by atomic mass is 10.0. The van der Waals surface area contributed by atoms with Crippen molar-refractivity contribution in [1.29, 1.82) is 0 Å². The molecule has 6 heteroatoms. The summed E-state index contributed by atoms with van der Waals surface area (Å²) in [5.41, 5.74) is 1.29. The highest BCUT2D eigenvalue weighted by molar-refractivity contribution is 7.89. The van der Waals surface area contributed by atoms with Crippen molar-refractivity contribution < 1.29 is 13.2 Å². The maximum Gasteiger partial charge on any atom is 0.243 e. The first-order valence-corrected chi connectivity index (χ1v) is 10.8. The van der Waals surface area contributed by atoms with E-state index in [0.29, 0.717) is 36.0 Å². The molecular formula is C19H28N2O3S. The molecule has 25 heavy (non-hydrogen) atoms. The summed E-state index contributed by atoms with van der Waals surface area (Å²) in [6.07, 6.45) is 8.10. The maximum absolute atomic E-state index is 12.9. The van der Waals surface area contributed by atoms with Crippen LogP contribution in [0.3, 0.4) is 0 Å². The van der Waals surface area contributed by atoms with Crippen LogP contribution >= 0.6 is 0 Å². The molecule has 138 valence electrons. The van der Waals surface area contributed by atoms with Gasteiger partial charge in [0.05, 0.1) is 4.90 Å². The number of benzene rings is 1. The normalized spacial score (nSPS) is 19.9. The van der Waals surface area contributed by atoms with E-state index < -0.39 is 10.0 Å². The van der Waals surface area contributed by atoms with E-state index in [2.05, 4.69) is 5.32 Å². The lowest BCUT2D eigenvalue weighted by Gasteiger charge is -2.26. The molecule has 0 unspecified atom stereocenters. The van der Waals surface area contributed by atoms with E-state index in [9.17, 15) is 13.2 Å². The molecule has 3 rings (SSSR count). The lowest BCUT2D eigenvalue weighted by molar-refractivity contribution is -0.117. The first-order chi connectivity index (χ1) is 12.0. The number of amides is 1. The number of hydrogen-bond donors (Lipinski definition) is 1. The minimum absolute atomic E-state index is 0.0166. The Bertz CT molecular complexity index is 718. The fourth-order valence-corrected chi connectivity index (χ4v) is 5.66. The Morgan fingerprint density at radius 1 is 1.12 bits per heavy atom. The summed E-state index contributed by atoms with van der Waals surface area (Å²) in [5.74, 6) is 0.457. The Morgan fingerprint density at radius 2 is 1.80 bits per heavy atom. The fourth-order valence-electron chi connectivity index (χ4n) is 3.89. The molecule has 5 nitrogen and oxygen atoms in total. The van der Waals surface area contributed by atoms with Gasteiger partial charge >= 0.3 is 0 Å². The van der Waals surface area contributed by atoms with Gasteiger partial charge in [0.25, 0.3) is 0 Å². The molecule has 0 radical (unpaired) electrons. The summed E-state index contributed by atoms with van der Waals surface area (Å²) in [4.78, 5) is 12.6. The van der Waals surface area contributed by atoms with Crippen molar-refractivity contribution in [1.82, 2.24) is 4.31 Å². The Kier molecular flexibility index (Phi) is 5.79. The summed E-state index contributed by atoms with van der Waals surface area (Å²) >= 11 is 0. The SMILES string of the molecule is Cc1ccc(NC(=O)CC2CCCC2)cc1S(=O)(=O)N1CCCCC1. The van der Waals surface area contributed by atoms with Crippen LogP contribution in [0.2, 0.25) is 0 Å². The largest absolute Gasteiger partial charge is 0.326 e. The molecule has 2 fully saturated rings. The molecule has 0 atom stereocenters. The molecular weight excluding hydrogens is 336 g/mol. The number of sulfonamides is 1. The molecule has 0 aromatic heterocycles. The van der Waals surface area contributed by atoms with Crippen molar-refractivity contribution in [2.75, 3.05) is 18.4 Å². The number of anilines is 1.